The number of rotatable bonds is 4. The second-order valence-corrected chi connectivity index (χ2v) is 6.18. The first-order chi connectivity index (χ1) is 9.61. The molecule has 110 valence electrons. The van der Waals surface area contributed by atoms with Gasteiger partial charge in [-0.2, -0.15) is 11.3 Å². The monoisotopic (exact) mass is 294 g/mol. The highest BCUT2D eigenvalue weighted by Gasteiger charge is 2.28. The maximum Gasteiger partial charge on any atom is 0.254 e. The van der Waals surface area contributed by atoms with Gasteiger partial charge in [-0.1, -0.05) is 6.92 Å². The molecule has 1 aliphatic heterocycles. The van der Waals surface area contributed by atoms with Crippen LogP contribution in [0.4, 0.5) is 0 Å². The average Bonchev–Trinajstić information content (AvgIpc) is 3.00. The molecule has 1 aromatic rings. The van der Waals surface area contributed by atoms with Crippen LogP contribution < -0.4 is 5.32 Å². The number of likely N-dealkylation sites (tertiary alicyclic amines) is 1. The van der Waals surface area contributed by atoms with Crippen molar-refractivity contribution in [3.63, 3.8) is 0 Å². The summed E-state index contributed by atoms with van der Waals surface area (Å²) in [5.74, 6) is 0.282. The number of nitrogens with zero attached hydrogens (tertiary/aromatic N) is 1. The van der Waals surface area contributed by atoms with Crippen LogP contribution in [0.15, 0.2) is 16.8 Å². The summed E-state index contributed by atoms with van der Waals surface area (Å²) in [6.07, 6.45) is 2.47. The third-order valence-electron chi connectivity index (χ3n) is 3.92. The molecule has 1 aromatic heterocycles. The summed E-state index contributed by atoms with van der Waals surface area (Å²) in [5.41, 5.74) is 0.762. The molecule has 0 spiro atoms. The van der Waals surface area contributed by atoms with Gasteiger partial charge in [0.1, 0.15) is 0 Å². The van der Waals surface area contributed by atoms with E-state index in [1.54, 1.807) is 0 Å². The van der Waals surface area contributed by atoms with Gasteiger partial charge >= 0.3 is 0 Å². The number of thiophene rings is 1. The number of piperidine rings is 1. The summed E-state index contributed by atoms with van der Waals surface area (Å²) < 4.78 is 0. The van der Waals surface area contributed by atoms with Crippen LogP contribution in [0.1, 0.15) is 43.5 Å². The molecule has 0 aromatic carbocycles. The fourth-order valence-electron chi connectivity index (χ4n) is 2.38. The Hall–Kier alpha value is -1.36. The van der Waals surface area contributed by atoms with Gasteiger partial charge in [0.05, 0.1) is 5.56 Å². The quantitative estimate of drug-likeness (QED) is 0.927. The van der Waals surface area contributed by atoms with Gasteiger partial charge in [0.25, 0.3) is 5.91 Å². The smallest absolute Gasteiger partial charge is 0.254 e. The molecule has 1 fully saturated rings. The number of carbonyl (C=O) groups is 2. The van der Waals surface area contributed by atoms with E-state index in [0.29, 0.717) is 13.1 Å². The van der Waals surface area contributed by atoms with Gasteiger partial charge in [-0.15, -0.1) is 0 Å². The van der Waals surface area contributed by atoms with E-state index < -0.39 is 0 Å². The van der Waals surface area contributed by atoms with Crippen molar-refractivity contribution in [2.45, 2.75) is 39.2 Å². The zero-order valence-electron chi connectivity index (χ0n) is 12.1. The fraction of sp³-hybridized carbons (Fsp3) is 0.600. The molecule has 0 unspecified atom stereocenters. The van der Waals surface area contributed by atoms with Crippen LogP contribution in [-0.4, -0.2) is 35.8 Å². The zero-order chi connectivity index (χ0) is 14.5. The van der Waals surface area contributed by atoms with Crippen LogP contribution in [0, 0.1) is 5.92 Å². The molecule has 0 aliphatic carbocycles. The molecular weight excluding hydrogens is 272 g/mol. The van der Waals surface area contributed by atoms with Gasteiger partial charge < -0.3 is 10.2 Å². The SMILES string of the molecule is CC[C@H](C)NC(=O)C1CCN(C(=O)c2ccsc2)CC1. The second-order valence-electron chi connectivity index (χ2n) is 5.40. The van der Waals surface area contributed by atoms with Gasteiger partial charge in [0.2, 0.25) is 5.91 Å². The lowest BCUT2D eigenvalue weighted by Crippen LogP contribution is -2.44. The Labute approximate surface area is 124 Å². The number of nitrogens with one attached hydrogen (secondary N) is 1. The van der Waals surface area contributed by atoms with Crippen molar-refractivity contribution in [1.82, 2.24) is 10.2 Å². The maximum absolute atomic E-state index is 12.2. The van der Waals surface area contributed by atoms with Crippen LogP contribution in [-0.2, 0) is 4.79 Å². The van der Waals surface area contributed by atoms with Crippen molar-refractivity contribution in [3.8, 4) is 0 Å². The lowest BCUT2D eigenvalue weighted by molar-refractivity contribution is -0.126. The van der Waals surface area contributed by atoms with E-state index in [1.807, 2.05) is 28.7 Å². The highest BCUT2D eigenvalue weighted by atomic mass is 32.1. The molecule has 5 heteroatoms. The van der Waals surface area contributed by atoms with E-state index in [0.717, 1.165) is 24.8 Å². The van der Waals surface area contributed by atoms with E-state index >= 15 is 0 Å². The Morgan fingerprint density at radius 1 is 1.45 bits per heavy atom. The first-order valence-electron chi connectivity index (χ1n) is 7.23. The molecule has 0 bridgehead atoms. The maximum atomic E-state index is 12.2. The van der Waals surface area contributed by atoms with Gasteiger partial charge in [-0.3, -0.25) is 9.59 Å². The van der Waals surface area contributed by atoms with Crippen molar-refractivity contribution in [1.29, 1.82) is 0 Å². The summed E-state index contributed by atoms with van der Waals surface area (Å²) in [5, 5.41) is 6.83. The third kappa shape index (κ3) is 3.60. The molecule has 1 atom stereocenters. The molecule has 1 aliphatic rings. The van der Waals surface area contributed by atoms with E-state index in [9.17, 15) is 9.59 Å². The first kappa shape index (κ1) is 15.0. The summed E-state index contributed by atoms with van der Waals surface area (Å²) in [4.78, 5) is 26.1. The van der Waals surface area contributed by atoms with E-state index in [-0.39, 0.29) is 23.8 Å². The lowest BCUT2D eigenvalue weighted by atomic mass is 9.95. The van der Waals surface area contributed by atoms with Crippen molar-refractivity contribution in [2.24, 2.45) is 5.92 Å². The Kier molecular flexibility index (Phi) is 5.17. The molecule has 0 radical (unpaired) electrons. The van der Waals surface area contributed by atoms with Crippen molar-refractivity contribution in [2.75, 3.05) is 13.1 Å². The van der Waals surface area contributed by atoms with Crippen molar-refractivity contribution >= 4 is 23.2 Å². The molecule has 1 N–H and O–H groups in total. The highest BCUT2D eigenvalue weighted by molar-refractivity contribution is 7.08. The van der Waals surface area contributed by atoms with Crippen LogP contribution in [0.25, 0.3) is 0 Å². The molecule has 2 amide bonds. The average molecular weight is 294 g/mol. The normalized spacial score (nSPS) is 17.8. The zero-order valence-corrected chi connectivity index (χ0v) is 12.9. The van der Waals surface area contributed by atoms with Gasteiger partial charge in [0.15, 0.2) is 0 Å². The molecule has 20 heavy (non-hydrogen) atoms. The first-order valence-corrected chi connectivity index (χ1v) is 8.18. The predicted octanol–water partition coefficient (Wildman–Crippen LogP) is 2.52. The Balaban J connectivity index is 1.83. The standard InChI is InChI=1S/C15H22N2O2S/c1-3-11(2)16-14(18)12-4-7-17(8-5-12)15(19)13-6-9-20-10-13/h6,9-12H,3-5,7-8H2,1-2H3,(H,16,18)/t11-/m0/s1. The molecule has 2 heterocycles. The Bertz CT molecular complexity index is 450. The minimum atomic E-state index is 0.0514. The van der Waals surface area contributed by atoms with Gasteiger partial charge in [-0.25, -0.2) is 0 Å². The van der Waals surface area contributed by atoms with Crippen LogP contribution in [0.3, 0.4) is 0 Å². The van der Waals surface area contributed by atoms with Crippen LogP contribution in [0.2, 0.25) is 0 Å². The summed E-state index contributed by atoms with van der Waals surface area (Å²) in [7, 11) is 0. The largest absolute Gasteiger partial charge is 0.353 e. The molecule has 1 saturated heterocycles. The summed E-state index contributed by atoms with van der Waals surface area (Å²) in [6.45, 7) is 5.43. The Morgan fingerprint density at radius 3 is 2.70 bits per heavy atom. The van der Waals surface area contributed by atoms with Crippen LogP contribution >= 0.6 is 11.3 Å². The van der Waals surface area contributed by atoms with Gasteiger partial charge in [-0.05, 0) is 37.6 Å². The minimum absolute atomic E-state index is 0.0514. The second kappa shape index (κ2) is 6.88. The van der Waals surface area contributed by atoms with Crippen molar-refractivity contribution in [3.05, 3.63) is 22.4 Å². The number of hydrogen-bond donors (Lipinski definition) is 1. The lowest BCUT2D eigenvalue weighted by Gasteiger charge is -2.31. The third-order valence-corrected chi connectivity index (χ3v) is 4.61. The number of amides is 2. The molecular formula is C15H22N2O2S. The molecule has 4 nitrogen and oxygen atoms in total. The van der Waals surface area contributed by atoms with E-state index in [4.69, 9.17) is 0 Å². The fourth-order valence-corrected chi connectivity index (χ4v) is 3.01. The van der Waals surface area contributed by atoms with E-state index in [1.165, 1.54) is 11.3 Å². The predicted molar refractivity (Wildman–Crippen MR) is 80.8 cm³/mol. The van der Waals surface area contributed by atoms with Gasteiger partial charge in [0, 0.05) is 30.4 Å². The molecule has 0 saturated carbocycles. The van der Waals surface area contributed by atoms with E-state index in [2.05, 4.69) is 12.2 Å². The highest BCUT2D eigenvalue weighted by Crippen LogP contribution is 2.20. The Morgan fingerprint density at radius 2 is 2.15 bits per heavy atom. The number of carbonyl (C=O) groups excluding carboxylic acids is 2. The summed E-state index contributed by atoms with van der Waals surface area (Å²) in [6, 6.07) is 2.09. The van der Waals surface area contributed by atoms with Crippen LogP contribution in [0.5, 0.6) is 0 Å². The number of hydrogen-bond acceptors (Lipinski definition) is 3. The summed E-state index contributed by atoms with van der Waals surface area (Å²) >= 11 is 1.54. The molecule has 2 rings (SSSR count). The van der Waals surface area contributed by atoms with Crippen molar-refractivity contribution < 1.29 is 9.59 Å². The topological polar surface area (TPSA) is 49.4 Å². The minimum Gasteiger partial charge on any atom is -0.353 e.